The zero-order chi connectivity index (χ0) is 15.4. The fourth-order valence-corrected chi connectivity index (χ4v) is 2.32. The monoisotopic (exact) mass is 347 g/mol. The van der Waals surface area contributed by atoms with E-state index in [0.717, 1.165) is 27.0 Å². The molecule has 0 atom stereocenters. The predicted molar refractivity (Wildman–Crippen MR) is 89.2 cm³/mol. The Kier molecular flexibility index (Phi) is 5.02. The number of hydrogen-bond acceptors (Lipinski definition) is 2. The van der Waals surface area contributed by atoms with Crippen LogP contribution in [-0.4, -0.2) is 12.5 Å². The molecule has 0 fully saturated rings. The lowest BCUT2D eigenvalue weighted by Gasteiger charge is -2.10. The molecule has 0 saturated heterocycles. The summed E-state index contributed by atoms with van der Waals surface area (Å²) in [7, 11) is 0. The third-order valence-electron chi connectivity index (χ3n) is 3.12. The number of hydrogen-bond donors (Lipinski definition) is 1. The molecular weight excluding hydrogens is 330 g/mol. The number of carbonyl (C=O) groups excluding carboxylic acids is 1. The van der Waals surface area contributed by atoms with Crippen molar-refractivity contribution in [3.05, 3.63) is 57.6 Å². The Morgan fingerprint density at radius 1 is 1.14 bits per heavy atom. The van der Waals surface area contributed by atoms with Crippen molar-refractivity contribution in [3.63, 3.8) is 0 Å². The van der Waals surface area contributed by atoms with Crippen molar-refractivity contribution in [2.24, 2.45) is 0 Å². The smallest absolute Gasteiger partial charge is 0.255 e. The van der Waals surface area contributed by atoms with E-state index < -0.39 is 0 Å². The molecule has 0 radical (unpaired) electrons. The van der Waals surface area contributed by atoms with Crippen LogP contribution in [0.25, 0.3) is 0 Å². The zero-order valence-corrected chi connectivity index (χ0v) is 14.0. The number of benzene rings is 2. The van der Waals surface area contributed by atoms with Gasteiger partial charge in [-0.3, -0.25) is 4.79 Å². The van der Waals surface area contributed by atoms with Crippen molar-refractivity contribution in [1.82, 2.24) is 0 Å². The minimum Gasteiger partial charge on any atom is -0.494 e. The summed E-state index contributed by atoms with van der Waals surface area (Å²) < 4.78 is 6.44. The third-order valence-corrected chi connectivity index (χ3v) is 4.37. The van der Waals surface area contributed by atoms with Gasteiger partial charge in [0, 0.05) is 15.7 Å². The van der Waals surface area contributed by atoms with Crippen molar-refractivity contribution in [2.45, 2.75) is 20.8 Å². The first kappa shape index (κ1) is 15.6. The van der Waals surface area contributed by atoms with Crippen LogP contribution in [0, 0.1) is 13.8 Å². The van der Waals surface area contributed by atoms with E-state index >= 15 is 0 Å². The third kappa shape index (κ3) is 3.85. The van der Waals surface area contributed by atoms with Gasteiger partial charge in [0.25, 0.3) is 5.91 Å². The van der Waals surface area contributed by atoms with E-state index in [9.17, 15) is 4.79 Å². The maximum absolute atomic E-state index is 12.2. The van der Waals surface area contributed by atoms with E-state index in [4.69, 9.17) is 4.74 Å². The van der Waals surface area contributed by atoms with E-state index in [0.29, 0.717) is 12.2 Å². The molecule has 0 saturated carbocycles. The van der Waals surface area contributed by atoms with Crippen molar-refractivity contribution < 1.29 is 9.53 Å². The van der Waals surface area contributed by atoms with Crippen LogP contribution in [0.15, 0.2) is 40.9 Å². The number of amides is 1. The van der Waals surface area contributed by atoms with E-state index in [2.05, 4.69) is 21.2 Å². The highest BCUT2D eigenvalue weighted by molar-refractivity contribution is 9.10. The molecule has 2 rings (SSSR count). The van der Waals surface area contributed by atoms with E-state index in [1.807, 2.05) is 32.9 Å². The average Bonchev–Trinajstić information content (AvgIpc) is 2.45. The minimum absolute atomic E-state index is 0.126. The summed E-state index contributed by atoms with van der Waals surface area (Å²) >= 11 is 3.52. The number of nitrogens with one attached hydrogen (secondary N) is 1. The van der Waals surface area contributed by atoms with Crippen molar-refractivity contribution >= 4 is 27.5 Å². The predicted octanol–water partition coefficient (Wildman–Crippen LogP) is 4.72. The lowest BCUT2D eigenvalue weighted by Crippen LogP contribution is -2.12. The van der Waals surface area contributed by atoms with E-state index in [1.165, 1.54) is 0 Å². The Bertz CT molecular complexity index is 627. The molecule has 0 aromatic heterocycles. The topological polar surface area (TPSA) is 38.3 Å². The first-order valence-electron chi connectivity index (χ1n) is 6.82. The van der Waals surface area contributed by atoms with Gasteiger partial charge in [-0.2, -0.15) is 0 Å². The van der Waals surface area contributed by atoms with E-state index in [-0.39, 0.29) is 5.91 Å². The maximum atomic E-state index is 12.2. The fraction of sp³-hybridized carbons (Fsp3) is 0.235. The van der Waals surface area contributed by atoms with Crippen LogP contribution in [0.3, 0.4) is 0 Å². The molecule has 2 aromatic rings. The number of anilines is 1. The molecule has 1 amide bonds. The van der Waals surface area contributed by atoms with Crippen LogP contribution in [-0.2, 0) is 0 Å². The van der Waals surface area contributed by atoms with Gasteiger partial charge in [-0.25, -0.2) is 0 Å². The van der Waals surface area contributed by atoms with Gasteiger partial charge in [0.05, 0.1) is 6.61 Å². The quantitative estimate of drug-likeness (QED) is 0.868. The highest BCUT2D eigenvalue weighted by Gasteiger charge is 2.08. The first-order chi connectivity index (χ1) is 10.0. The number of carbonyl (C=O) groups is 1. The Balaban J connectivity index is 2.14. The van der Waals surface area contributed by atoms with Crippen LogP contribution in [0.4, 0.5) is 5.69 Å². The van der Waals surface area contributed by atoms with Crippen LogP contribution in [0.5, 0.6) is 5.75 Å². The summed E-state index contributed by atoms with van der Waals surface area (Å²) in [6.07, 6.45) is 0. The molecule has 4 heteroatoms. The molecule has 0 bridgehead atoms. The molecule has 21 heavy (non-hydrogen) atoms. The number of aryl methyl sites for hydroxylation is 2. The number of ether oxygens (including phenoxy) is 1. The highest BCUT2D eigenvalue weighted by Crippen LogP contribution is 2.25. The largest absolute Gasteiger partial charge is 0.494 e. The number of rotatable bonds is 4. The van der Waals surface area contributed by atoms with Gasteiger partial charge in [-0.05, 0) is 68.3 Å². The maximum Gasteiger partial charge on any atom is 0.255 e. The average molecular weight is 348 g/mol. The first-order valence-corrected chi connectivity index (χ1v) is 7.61. The van der Waals surface area contributed by atoms with Gasteiger partial charge in [0.15, 0.2) is 0 Å². The molecule has 0 heterocycles. The standard InChI is InChI=1S/C17H18BrNO2/c1-4-21-15-7-5-13(6-8-15)17(20)19-14-9-11(2)16(18)12(3)10-14/h5-10H,4H2,1-3H3,(H,19,20). The molecule has 0 unspecified atom stereocenters. The Morgan fingerprint density at radius 2 is 1.71 bits per heavy atom. The summed E-state index contributed by atoms with van der Waals surface area (Å²) in [6, 6.07) is 11.0. The number of halogens is 1. The highest BCUT2D eigenvalue weighted by atomic mass is 79.9. The molecular formula is C17H18BrNO2. The van der Waals surface area contributed by atoms with Crippen molar-refractivity contribution in [1.29, 1.82) is 0 Å². The van der Waals surface area contributed by atoms with E-state index in [1.54, 1.807) is 24.3 Å². The van der Waals surface area contributed by atoms with Gasteiger partial charge in [-0.15, -0.1) is 0 Å². The summed E-state index contributed by atoms with van der Waals surface area (Å²) in [6.45, 7) is 6.55. The Labute approximate surface area is 133 Å². The molecule has 1 N–H and O–H groups in total. The summed E-state index contributed by atoms with van der Waals surface area (Å²) in [5.41, 5.74) is 3.60. The van der Waals surface area contributed by atoms with Gasteiger partial charge in [0.1, 0.15) is 5.75 Å². The lowest BCUT2D eigenvalue weighted by molar-refractivity contribution is 0.102. The summed E-state index contributed by atoms with van der Waals surface area (Å²) in [4.78, 5) is 12.2. The van der Waals surface area contributed by atoms with Crippen molar-refractivity contribution in [2.75, 3.05) is 11.9 Å². The minimum atomic E-state index is -0.126. The molecule has 0 aliphatic carbocycles. The summed E-state index contributed by atoms with van der Waals surface area (Å²) in [5.74, 6) is 0.642. The second-order valence-corrected chi connectivity index (χ2v) is 5.63. The van der Waals surface area contributed by atoms with Crippen molar-refractivity contribution in [3.8, 4) is 5.75 Å². The molecule has 0 spiro atoms. The van der Waals surface area contributed by atoms with Crippen LogP contribution in [0.1, 0.15) is 28.4 Å². The molecule has 110 valence electrons. The Morgan fingerprint density at radius 3 is 2.24 bits per heavy atom. The van der Waals surface area contributed by atoms with Crippen LogP contribution < -0.4 is 10.1 Å². The SMILES string of the molecule is CCOc1ccc(C(=O)Nc2cc(C)c(Br)c(C)c2)cc1. The molecule has 0 aliphatic heterocycles. The Hall–Kier alpha value is -1.81. The fourth-order valence-electron chi connectivity index (χ4n) is 2.09. The van der Waals surface area contributed by atoms with Crippen LogP contribution in [0.2, 0.25) is 0 Å². The van der Waals surface area contributed by atoms with Crippen LogP contribution >= 0.6 is 15.9 Å². The second kappa shape index (κ2) is 6.76. The molecule has 0 aliphatic rings. The molecule has 2 aromatic carbocycles. The van der Waals surface area contributed by atoms with Gasteiger partial charge in [-0.1, -0.05) is 15.9 Å². The normalized spacial score (nSPS) is 10.3. The zero-order valence-electron chi connectivity index (χ0n) is 12.4. The second-order valence-electron chi connectivity index (χ2n) is 4.84. The lowest BCUT2D eigenvalue weighted by atomic mass is 10.1. The van der Waals surface area contributed by atoms with Gasteiger partial charge < -0.3 is 10.1 Å². The van der Waals surface area contributed by atoms with Gasteiger partial charge in [0.2, 0.25) is 0 Å². The van der Waals surface area contributed by atoms with Gasteiger partial charge >= 0.3 is 0 Å². The molecule has 3 nitrogen and oxygen atoms in total. The summed E-state index contributed by atoms with van der Waals surface area (Å²) in [5, 5.41) is 2.92.